The number of carbonyl (C=O) groups excluding carboxylic acids is 1. The summed E-state index contributed by atoms with van der Waals surface area (Å²) in [5, 5.41) is 4.29. The van der Waals surface area contributed by atoms with Gasteiger partial charge in [-0.3, -0.25) is 9.69 Å². The number of amides is 1. The molecule has 0 saturated carbocycles. The largest absolute Gasteiger partial charge is 0.361 e. The number of fused-ring (bicyclic) bond motifs is 1. The minimum atomic E-state index is -0.119. The van der Waals surface area contributed by atoms with E-state index in [4.69, 9.17) is 0 Å². The quantitative estimate of drug-likeness (QED) is 0.622. The molecule has 0 spiro atoms. The van der Waals surface area contributed by atoms with Crippen LogP contribution < -0.4 is 10.2 Å². The van der Waals surface area contributed by atoms with Crippen LogP contribution in [-0.4, -0.2) is 64.0 Å². The zero-order valence-electron chi connectivity index (χ0n) is 17.6. The van der Waals surface area contributed by atoms with Crippen LogP contribution in [0.25, 0.3) is 10.9 Å². The summed E-state index contributed by atoms with van der Waals surface area (Å²) in [6.07, 6.45) is 4.43. The molecule has 1 saturated heterocycles. The Bertz CT molecular complexity index is 980. The Labute approximate surface area is 171 Å². The minimum absolute atomic E-state index is 0.0112. The number of hydrogen-bond donors (Lipinski definition) is 3. The standard InChI is InChI=1S/C22H30N6O/c1-14(9-17-10-23-19-8-6-5-7-18(17)19)25-21(29)20-11-24-22(26-20)28-12-15(2)27(4)16(3)13-28/h5-8,10-11,14-16,23H,9,12-13H2,1-4H3,(H,24,26)(H,25,29)/t14?,15-,16+. The maximum Gasteiger partial charge on any atom is 0.269 e. The summed E-state index contributed by atoms with van der Waals surface area (Å²) in [5.74, 6) is 0.651. The van der Waals surface area contributed by atoms with E-state index >= 15 is 0 Å². The van der Waals surface area contributed by atoms with Crippen molar-refractivity contribution in [1.29, 1.82) is 0 Å². The molecule has 1 amide bonds. The van der Waals surface area contributed by atoms with E-state index in [1.54, 1.807) is 6.20 Å². The Morgan fingerprint density at radius 3 is 2.76 bits per heavy atom. The zero-order valence-corrected chi connectivity index (χ0v) is 17.6. The molecule has 3 N–H and O–H groups in total. The van der Waals surface area contributed by atoms with Crippen LogP contribution in [0.3, 0.4) is 0 Å². The van der Waals surface area contributed by atoms with E-state index in [1.165, 1.54) is 10.9 Å². The van der Waals surface area contributed by atoms with Gasteiger partial charge in [0, 0.05) is 48.3 Å². The lowest BCUT2D eigenvalue weighted by molar-refractivity contribution is 0.0935. The van der Waals surface area contributed by atoms with Gasteiger partial charge in [-0.1, -0.05) is 18.2 Å². The lowest BCUT2D eigenvalue weighted by atomic mass is 10.1. The van der Waals surface area contributed by atoms with Gasteiger partial charge in [0.2, 0.25) is 5.95 Å². The van der Waals surface area contributed by atoms with Crippen LogP contribution in [0.4, 0.5) is 5.95 Å². The molecular formula is C22H30N6O. The van der Waals surface area contributed by atoms with Crippen LogP contribution >= 0.6 is 0 Å². The third-order valence-corrected chi connectivity index (χ3v) is 6.04. The topological polar surface area (TPSA) is 80.1 Å². The molecule has 0 radical (unpaired) electrons. The summed E-state index contributed by atoms with van der Waals surface area (Å²) >= 11 is 0. The average molecular weight is 395 g/mol. The van der Waals surface area contributed by atoms with Crippen LogP contribution in [0.2, 0.25) is 0 Å². The molecular weight excluding hydrogens is 364 g/mol. The average Bonchev–Trinajstić information content (AvgIpc) is 3.34. The lowest BCUT2D eigenvalue weighted by Gasteiger charge is -2.42. The van der Waals surface area contributed by atoms with Crippen LogP contribution in [-0.2, 0) is 6.42 Å². The molecule has 1 fully saturated rings. The van der Waals surface area contributed by atoms with Crippen molar-refractivity contribution in [3.8, 4) is 0 Å². The maximum absolute atomic E-state index is 12.7. The predicted molar refractivity (Wildman–Crippen MR) is 116 cm³/mol. The molecule has 1 unspecified atom stereocenters. The van der Waals surface area contributed by atoms with Crippen molar-refractivity contribution in [3.63, 3.8) is 0 Å². The molecule has 7 heteroatoms. The summed E-state index contributed by atoms with van der Waals surface area (Å²) < 4.78 is 0. The minimum Gasteiger partial charge on any atom is -0.361 e. The van der Waals surface area contributed by atoms with Crippen LogP contribution in [0.15, 0.2) is 36.7 Å². The molecule has 1 aliphatic rings. The van der Waals surface area contributed by atoms with Crippen molar-refractivity contribution in [2.45, 2.75) is 45.3 Å². The number of benzene rings is 1. The van der Waals surface area contributed by atoms with Gasteiger partial charge in [0.1, 0.15) is 5.69 Å². The molecule has 3 atom stereocenters. The fraction of sp³-hybridized carbons (Fsp3) is 0.455. The Morgan fingerprint density at radius 2 is 2.00 bits per heavy atom. The number of imidazole rings is 1. The van der Waals surface area contributed by atoms with Crippen molar-refractivity contribution in [3.05, 3.63) is 47.9 Å². The number of H-pyrrole nitrogens is 2. The molecule has 2 aromatic heterocycles. The summed E-state index contributed by atoms with van der Waals surface area (Å²) in [5.41, 5.74) is 2.83. The smallest absolute Gasteiger partial charge is 0.269 e. The molecule has 1 aliphatic heterocycles. The molecule has 3 aromatic rings. The van der Waals surface area contributed by atoms with Crippen LogP contribution in [0, 0.1) is 0 Å². The monoisotopic (exact) mass is 394 g/mol. The highest BCUT2D eigenvalue weighted by Crippen LogP contribution is 2.20. The van der Waals surface area contributed by atoms with E-state index in [0.29, 0.717) is 17.8 Å². The normalized spacial score (nSPS) is 21.4. The Balaban J connectivity index is 1.39. The fourth-order valence-corrected chi connectivity index (χ4v) is 4.15. The van der Waals surface area contributed by atoms with E-state index in [9.17, 15) is 4.79 Å². The van der Waals surface area contributed by atoms with Gasteiger partial charge in [0.05, 0.1) is 6.20 Å². The Kier molecular flexibility index (Phi) is 5.32. The highest BCUT2D eigenvalue weighted by Gasteiger charge is 2.28. The van der Waals surface area contributed by atoms with E-state index in [2.05, 4.69) is 63.1 Å². The number of likely N-dealkylation sites (N-methyl/N-ethyl adjacent to an activating group) is 1. The Hall–Kier alpha value is -2.80. The molecule has 1 aromatic carbocycles. The summed E-state index contributed by atoms with van der Waals surface area (Å²) in [7, 11) is 2.16. The van der Waals surface area contributed by atoms with Crippen molar-refractivity contribution in [2.75, 3.05) is 25.0 Å². The van der Waals surface area contributed by atoms with E-state index in [-0.39, 0.29) is 11.9 Å². The fourth-order valence-electron chi connectivity index (χ4n) is 4.15. The van der Waals surface area contributed by atoms with Gasteiger partial charge in [0.25, 0.3) is 5.91 Å². The Morgan fingerprint density at radius 1 is 1.28 bits per heavy atom. The highest BCUT2D eigenvalue weighted by molar-refractivity contribution is 5.92. The second-order valence-electron chi connectivity index (χ2n) is 8.33. The van der Waals surface area contributed by atoms with Crippen LogP contribution in [0.1, 0.15) is 36.8 Å². The first-order chi connectivity index (χ1) is 13.9. The van der Waals surface area contributed by atoms with Crippen molar-refractivity contribution < 1.29 is 4.79 Å². The van der Waals surface area contributed by atoms with Gasteiger partial charge in [-0.15, -0.1) is 0 Å². The third-order valence-electron chi connectivity index (χ3n) is 6.04. The number of aromatic amines is 2. The summed E-state index contributed by atoms with van der Waals surface area (Å²) in [4.78, 5) is 28.3. The second kappa shape index (κ2) is 7.91. The number of carbonyl (C=O) groups is 1. The molecule has 154 valence electrons. The number of nitrogens with one attached hydrogen (secondary N) is 3. The van der Waals surface area contributed by atoms with E-state index in [0.717, 1.165) is 31.0 Å². The van der Waals surface area contributed by atoms with Crippen molar-refractivity contribution in [2.24, 2.45) is 0 Å². The third kappa shape index (κ3) is 4.00. The number of rotatable bonds is 5. The van der Waals surface area contributed by atoms with Gasteiger partial charge >= 0.3 is 0 Å². The number of anilines is 1. The molecule has 29 heavy (non-hydrogen) atoms. The van der Waals surface area contributed by atoms with Gasteiger partial charge in [-0.25, -0.2) is 4.98 Å². The predicted octanol–water partition coefficient (Wildman–Crippen LogP) is 2.78. The number of nitrogens with zero attached hydrogens (tertiary/aromatic N) is 3. The zero-order chi connectivity index (χ0) is 20.5. The molecule has 0 aliphatic carbocycles. The van der Waals surface area contributed by atoms with E-state index in [1.807, 2.05) is 25.3 Å². The van der Waals surface area contributed by atoms with Gasteiger partial charge in [-0.05, 0) is 45.9 Å². The number of piperazine rings is 1. The molecule has 4 rings (SSSR count). The number of para-hydroxylation sites is 1. The van der Waals surface area contributed by atoms with Crippen molar-refractivity contribution >= 4 is 22.8 Å². The first-order valence-corrected chi connectivity index (χ1v) is 10.3. The summed E-state index contributed by atoms with van der Waals surface area (Å²) in [6.45, 7) is 8.25. The number of hydrogen-bond acceptors (Lipinski definition) is 4. The first kappa shape index (κ1) is 19.5. The van der Waals surface area contributed by atoms with Crippen LogP contribution in [0.5, 0.6) is 0 Å². The van der Waals surface area contributed by atoms with Crippen molar-refractivity contribution in [1.82, 2.24) is 25.2 Å². The SMILES string of the molecule is CC(Cc1c[nH]c2ccccc12)NC(=O)c1cnc(N2C[C@@H](C)N(C)[C@@H](C)C2)[nH]1. The van der Waals surface area contributed by atoms with Gasteiger partial charge < -0.3 is 20.2 Å². The molecule has 0 bridgehead atoms. The van der Waals surface area contributed by atoms with Gasteiger partial charge in [-0.2, -0.15) is 0 Å². The van der Waals surface area contributed by atoms with Gasteiger partial charge in [0.15, 0.2) is 0 Å². The summed E-state index contributed by atoms with van der Waals surface area (Å²) in [6, 6.07) is 9.12. The molecule has 3 heterocycles. The lowest BCUT2D eigenvalue weighted by Crippen LogP contribution is -2.55. The second-order valence-corrected chi connectivity index (χ2v) is 8.33. The first-order valence-electron chi connectivity index (χ1n) is 10.3. The number of aromatic nitrogens is 3. The van der Waals surface area contributed by atoms with E-state index < -0.39 is 0 Å². The molecule has 7 nitrogen and oxygen atoms in total. The highest BCUT2D eigenvalue weighted by atomic mass is 16.2. The maximum atomic E-state index is 12.7.